The molecule has 6 heteroatoms. The zero-order valence-electron chi connectivity index (χ0n) is 9.82. The SMILES string of the molecule is C=CCOc1c(I)cc(/C=C(/C#N)C(N)=O)cc1I. The number of hydrogen-bond acceptors (Lipinski definition) is 3. The van der Waals surface area contributed by atoms with Gasteiger partial charge in [-0.1, -0.05) is 12.7 Å². The molecule has 0 aliphatic carbocycles. The summed E-state index contributed by atoms with van der Waals surface area (Å²) in [6.45, 7) is 4.02. The molecular formula is C13H10I2N2O2. The maximum Gasteiger partial charge on any atom is 0.259 e. The molecule has 0 unspecified atom stereocenters. The molecule has 0 atom stereocenters. The molecular weight excluding hydrogens is 470 g/mol. The molecule has 19 heavy (non-hydrogen) atoms. The molecule has 0 aliphatic rings. The minimum absolute atomic E-state index is 0.0774. The summed E-state index contributed by atoms with van der Waals surface area (Å²) in [6.07, 6.45) is 3.13. The predicted octanol–water partition coefficient (Wildman–Crippen LogP) is 2.85. The normalized spacial score (nSPS) is 10.7. The van der Waals surface area contributed by atoms with Gasteiger partial charge < -0.3 is 10.5 Å². The summed E-state index contributed by atoms with van der Waals surface area (Å²) < 4.78 is 7.32. The number of nitrogens with zero attached hydrogens (tertiary/aromatic N) is 1. The number of halogens is 2. The lowest BCUT2D eigenvalue weighted by Crippen LogP contribution is -2.12. The fourth-order valence-corrected chi connectivity index (χ4v) is 3.40. The Bertz CT molecular complexity index is 566. The van der Waals surface area contributed by atoms with Crippen LogP contribution < -0.4 is 10.5 Å². The Morgan fingerprint density at radius 1 is 1.47 bits per heavy atom. The largest absolute Gasteiger partial charge is 0.487 e. The Hall–Kier alpha value is -1.08. The molecule has 0 aromatic heterocycles. The first-order valence-electron chi connectivity index (χ1n) is 5.14. The standard InChI is InChI=1S/C13H10I2N2O2/c1-2-3-19-12-10(14)5-8(6-11(12)15)4-9(7-16)13(17)18/h2,4-6H,1,3H2,(H2,17,18)/b9-4-. The van der Waals surface area contributed by atoms with Gasteiger partial charge >= 0.3 is 0 Å². The fraction of sp³-hybridized carbons (Fsp3) is 0.0769. The van der Waals surface area contributed by atoms with E-state index < -0.39 is 5.91 Å². The maximum absolute atomic E-state index is 11.0. The van der Waals surface area contributed by atoms with E-state index in [2.05, 4.69) is 51.8 Å². The van der Waals surface area contributed by atoms with E-state index >= 15 is 0 Å². The number of ether oxygens (including phenoxy) is 1. The van der Waals surface area contributed by atoms with E-state index in [-0.39, 0.29) is 5.57 Å². The molecule has 0 radical (unpaired) electrons. The van der Waals surface area contributed by atoms with E-state index in [1.807, 2.05) is 12.1 Å². The van der Waals surface area contributed by atoms with E-state index in [0.717, 1.165) is 18.5 Å². The summed E-state index contributed by atoms with van der Waals surface area (Å²) in [5.41, 5.74) is 5.75. The molecule has 0 saturated carbocycles. The van der Waals surface area contributed by atoms with Crippen LogP contribution in [0.4, 0.5) is 0 Å². The number of carbonyl (C=O) groups is 1. The average molecular weight is 480 g/mol. The van der Waals surface area contributed by atoms with E-state index in [9.17, 15) is 4.79 Å². The zero-order valence-corrected chi connectivity index (χ0v) is 14.1. The second kappa shape index (κ2) is 7.49. The van der Waals surface area contributed by atoms with Gasteiger partial charge in [-0.2, -0.15) is 5.26 Å². The van der Waals surface area contributed by atoms with Gasteiger partial charge in [-0.15, -0.1) is 0 Å². The number of primary amides is 1. The molecule has 1 rings (SSSR count). The Morgan fingerprint density at radius 3 is 2.47 bits per heavy atom. The first kappa shape index (κ1) is 16.0. The van der Waals surface area contributed by atoms with Gasteiger partial charge in [0.1, 0.15) is 24.0 Å². The number of rotatable bonds is 5. The van der Waals surface area contributed by atoms with E-state index in [0.29, 0.717) is 6.61 Å². The Kier molecular flexibility index (Phi) is 6.30. The quantitative estimate of drug-likeness (QED) is 0.305. The van der Waals surface area contributed by atoms with Crippen molar-refractivity contribution in [2.45, 2.75) is 0 Å². The summed E-state index contributed by atoms with van der Waals surface area (Å²) in [7, 11) is 0. The van der Waals surface area contributed by atoms with Gasteiger partial charge in [-0.25, -0.2) is 0 Å². The number of nitriles is 1. The van der Waals surface area contributed by atoms with Crippen LogP contribution in [0.2, 0.25) is 0 Å². The molecule has 0 bridgehead atoms. The Morgan fingerprint density at radius 2 is 2.05 bits per heavy atom. The van der Waals surface area contributed by atoms with Crippen LogP contribution in [0.15, 0.2) is 30.4 Å². The maximum atomic E-state index is 11.0. The van der Waals surface area contributed by atoms with E-state index in [1.54, 1.807) is 12.1 Å². The average Bonchev–Trinajstić information content (AvgIpc) is 2.34. The van der Waals surface area contributed by atoms with Gasteiger partial charge in [0.05, 0.1) is 7.14 Å². The summed E-state index contributed by atoms with van der Waals surface area (Å²) in [4.78, 5) is 11.0. The van der Waals surface area contributed by atoms with Crippen LogP contribution in [0.1, 0.15) is 5.56 Å². The van der Waals surface area contributed by atoms with Crippen LogP contribution in [0.5, 0.6) is 5.75 Å². The van der Waals surface area contributed by atoms with E-state index in [1.165, 1.54) is 6.08 Å². The molecule has 1 aromatic rings. The van der Waals surface area contributed by atoms with Gasteiger partial charge in [0.25, 0.3) is 5.91 Å². The molecule has 0 spiro atoms. The van der Waals surface area contributed by atoms with Crippen molar-refractivity contribution in [3.63, 3.8) is 0 Å². The molecule has 0 aliphatic heterocycles. The van der Waals surface area contributed by atoms with Crippen molar-refractivity contribution in [1.82, 2.24) is 0 Å². The predicted molar refractivity (Wildman–Crippen MR) is 90.4 cm³/mol. The number of benzene rings is 1. The highest BCUT2D eigenvalue weighted by Crippen LogP contribution is 2.29. The summed E-state index contributed by atoms with van der Waals surface area (Å²) >= 11 is 4.27. The lowest BCUT2D eigenvalue weighted by Gasteiger charge is -2.09. The highest BCUT2D eigenvalue weighted by molar-refractivity contribution is 14.1. The third kappa shape index (κ3) is 4.50. The Balaban J connectivity index is 3.18. The summed E-state index contributed by atoms with van der Waals surface area (Å²) in [5, 5.41) is 8.81. The van der Waals surface area contributed by atoms with Gasteiger partial charge in [0, 0.05) is 0 Å². The van der Waals surface area contributed by atoms with Crippen LogP contribution in [0.25, 0.3) is 6.08 Å². The smallest absolute Gasteiger partial charge is 0.259 e. The van der Waals surface area contributed by atoms with Crippen molar-refractivity contribution in [2.24, 2.45) is 5.73 Å². The fourth-order valence-electron chi connectivity index (χ4n) is 1.27. The first-order chi connectivity index (χ1) is 8.99. The summed E-state index contributed by atoms with van der Waals surface area (Å²) in [6, 6.07) is 5.42. The van der Waals surface area contributed by atoms with Gasteiger partial charge in [0.2, 0.25) is 0 Å². The van der Waals surface area contributed by atoms with Gasteiger partial charge in [0.15, 0.2) is 0 Å². The summed E-state index contributed by atoms with van der Waals surface area (Å²) in [5.74, 6) is 0.0235. The van der Waals surface area contributed by atoms with Gasteiger partial charge in [-0.3, -0.25) is 4.79 Å². The second-order valence-electron chi connectivity index (χ2n) is 3.45. The van der Waals surface area contributed by atoms with Crippen molar-refractivity contribution in [3.8, 4) is 11.8 Å². The second-order valence-corrected chi connectivity index (χ2v) is 5.77. The minimum atomic E-state index is -0.737. The first-order valence-corrected chi connectivity index (χ1v) is 7.29. The van der Waals surface area contributed by atoms with Crippen molar-refractivity contribution < 1.29 is 9.53 Å². The molecule has 1 amide bonds. The highest BCUT2D eigenvalue weighted by atomic mass is 127. The lowest BCUT2D eigenvalue weighted by atomic mass is 10.1. The van der Waals surface area contributed by atoms with Crippen LogP contribution in [0.3, 0.4) is 0 Å². The van der Waals surface area contributed by atoms with Crippen molar-refractivity contribution in [2.75, 3.05) is 6.61 Å². The van der Waals surface area contributed by atoms with Crippen LogP contribution in [0, 0.1) is 18.5 Å². The third-order valence-corrected chi connectivity index (χ3v) is 3.67. The molecule has 0 heterocycles. The molecule has 4 nitrogen and oxygen atoms in total. The number of carbonyl (C=O) groups excluding carboxylic acids is 1. The van der Waals surface area contributed by atoms with Crippen LogP contribution in [-0.2, 0) is 4.79 Å². The van der Waals surface area contributed by atoms with E-state index in [4.69, 9.17) is 15.7 Å². The Labute approximate surface area is 138 Å². The highest BCUT2D eigenvalue weighted by Gasteiger charge is 2.09. The van der Waals surface area contributed by atoms with Crippen molar-refractivity contribution in [3.05, 3.63) is 43.1 Å². The van der Waals surface area contributed by atoms with Gasteiger partial charge in [-0.05, 0) is 69.0 Å². The monoisotopic (exact) mass is 480 g/mol. The zero-order chi connectivity index (χ0) is 14.4. The lowest BCUT2D eigenvalue weighted by molar-refractivity contribution is -0.114. The minimum Gasteiger partial charge on any atom is -0.487 e. The molecule has 98 valence electrons. The molecule has 1 aromatic carbocycles. The van der Waals surface area contributed by atoms with Crippen LogP contribution in [-0.4, -0.2) is 12.5 Å². The number of hydrogen-bond donors (Lipinski definition) is 1. The molecule has 0 saturated heterocycles. The number of nitrogens with two attached hydrogens (primary N) is 1. The van der Waals surface area contributed by atoms with Crippen molar-refractivity contribution in [1.29, 1.82) is 5.26 Å². The molecule has 2 N–H and O–H groups in total. The number of amides is 1. The third-order valence-electron chi connectivity index (χ3n) is 2.06. The molecule has 0 fully saturated rings. The topological polar surface area (TPSA) is 76.1 Å². The van der Waals surface area contributed by atoms with Crippen LogP contribution >= 0.6 is 45.2 Å². The van der Waals surface area contributed by atoms with Crippen molar-refractivity contribution >= 4 is 57.2 Å².